The van der Waals surface area contributed by atoms with Gasteiger partial charge in [-0.1, -0.05) is 31.2 Å². The molecule has 1 heterocycles. The number of methoxy groups -OCH3 is 2. The quantitative estimate of drug-likeness (QED) is 0.620. The second-order valence-electron chi connectivity index (χ2n) is 6.14. The maximum absolute atomic E-state index is 12.7. The van der Waals surface area contributed by atoms with E-state index in [4.69, 9.17) is 9.47 Å². The number of nitrogens with zero attached hydrogens (tertiary/aromatic N) is 3. The number of nitriles is 1. The zero-order valence-corrected chi connectivity index (χ0v) is 16.3. The van der Waals surface area contributed by atoms with Gasteiger partial charge in [-0.05, 0) is 36.2 Å². The molecule has 0 aliphatic rings. The number of benzene rings is 2. The van der Waals surface area contributed by atoms with Gasteiger partial charge < -0.3 is 9.47 Å². The lowest BCUT2D eigenvalue weighted by Gasteiger charge is -2.08. The molecule has 0 saturated heterocycles. The van der Waals surface area contributed by atoms with Crippen molar-refractivity contribution in [3.8, 4) is 23.0 Å². The van der Waals surface area contributed by atoms with Gasteiger partial charge in [-0.25, -0.2) is 14.3 Å². The van der Waals surface area contributed by atoms with E-state index in [9.17, 15) is 14.9 Å². The van der Waals surface area contributed by atoms with Gasteiger partial charge in [0.15, 0.2) is 5.69 Å². The van der Waals surface area contributed by atoms with Crippen LogP contribution in [0.3, 0.4) is 0 Å². The normalized spacial score (nSPS) is 10.3. The predicted octanol–water partition coefficient (Wildman–Crippen LogP) is 3.55. The molecule has 0 saturated carbocycles. The van der Waals surface area contributed by atoms with Crippen molar-refractivity contribution in [2.24, 2.45) is 0 Å². The van der Waals surface area contributed by atoms with Crippen LogP contribution in [0.5, 0.6) is 0 Å². The molecule has 0 atom stereocenters. The Balaban J connectivity index is 2.39. The van der Waals surface area contributed by atoms with Crippen LogP contribution < -0.4 is 0 Å². The molecule has 3 aromatic rings. The van der Waals surface area contributed by atoms with E-state index in [-0.39, 0.29) is 11.3 Å². The van der Waals surface area contributed by atoms with E-state index in [1.54, 1.807) is 42.5 Å². The summed E-state index contributed by atoms with van der Waals surface area (Å²) in [5.41, 5.74) is 2.85. The third kappa shape index (κ3) is 3.60. The molecule has 0 aliphatic carbocycles. The maximum atomic E-state index is 12.7. The minimum atomic E-state index is -0.709. The Bertz CT molecular complexity index is 1110. The van der Waals surface area contributed by atoms with Crippen LogP contribution in [0.4, 0.5) is 0 Å². The molecule has 7 heteroatoms. The minimum Gasteiger partial charge on any atom is -0.465 e. The van der Waals surface area contributed by atoms with Crippen molar-refractivity contribution < 1.29 is 19.1 Å². The molecule has 2 aromatic carbocycles. The van der Waals surface area contributed by atoms with Crippen molar-refractivity contribution >= 4 is 11.9 Å². The fraction of sp³-hybridized carbons (Fsp3) is 0.182. The van der Waals surface area contributed by atoms with Crippen molar-refractivity contribution in [1.29, 1.82) is 5.26 Å². The van der Waals surface area contributed by atoms with Crippen LogP contribution >= 0.6 is 0 Å². The van der Waals surface area contributed by atoms with Gasteiger partial charge in [-0.15, -0.1) is 0 Å². The summed E-state index contributed by atoms with van der Waals surface area (Å²) in [6.07, 6.45) is 0.608. The van der Waals surface area contributed by atoms with E-state index >= 15 is 0 Å². The molecular weight excluding hydrogens is 370 g/mol. The number of aromatic nitrogens is 2. The molecule has 146 valence electrons. The second-order valence-corrected chi connectivity index (χ2v) is 6.14. The van der Waals surface area contributed by atoms with Crippen LogP contribution in [-0.4, -0.2) is 35.9 Å². The van der Waals surface area contributed by atoms with Crippen LogP contribution in [0.25, 0.3) is 16.9 Å². The molecule has 29 heavy (non-hydrogen) atoms. The smallest absolute Gasteiger partial charge is 0.357 e. The van der Waals surface area contributed by atoms with Crippen LogP contribution in [0.15, 0.2) is 48.5 Å². The Morgan fingerprint density at radius 2 is 1.76 bits per heavy atom. The number of carbonyl (C=O) groups excluding carboxylic acids is 2. The summed E-state index contributed by atoms with van der Waals surface area (Å²) in [6.45, 7) is 1.94. The summed E-state index contributed by atoms with van der Waals surface area (Å²) >= 11 is 0. The lowest BCUT2D eigenvalue weighted by Crippen LogP contribution is -2.15. The first kappa shape index (κ1) is 19.8. The molecular formula is C22H19N3O4. The molecule has 0 unspecified atom stereocenters. The molecule has 1 aromatic heterocycles. The van der Waals surface area contributed by atoms with E-state index in [2.05, 4.69) is 11.2 Å². The summed E-state index contributed by atoms with van der Waals surface area (Å²) in [4.78, 5) is 25.3. The summed E-state index contributed by atoms with van der Waals surface area (Å²) in [5.74, 6) is -1.41. The number of ether oxygens (including phenoxy) is 2. The Hall–Kier alpha value is -3.92. The lowest BCUT2D eigenvalue weighted by molar-refractivity contribution is 0.0549. The molecule has 0 aliphatic heterocycles. The van der Waals surface area contributed by atoms with Crippen molar-refractivity contribution in [2.45, 2.75) is 13.3 Å². The van der Waals surface area contributed by atoms with E-state index in [0.717, 1.165) is 5.56 Å². The zero-order chi connectivity index (χ0) is 21.0. The summed E-state index contributed by atoms with van der Waals surface area (Å²) in [7, 11) is 2.48. The first-order valence-corrected chi connectivity index (χ1v) is 8.94. The van der Waals surface area contributed by atoms with Crippen molar-refractivity contribution in [3.63, 3.8) is 0 Å². The first-order valence-electron chi connectivity index (χ1n) is 8.94. The van der Waals surface area contributed by atoms with Crippen molar-refractivity contribution in [3.05, 3.63) is 70.9 Å². The number of hydrogen-bond donors (Lipinski definition) is 0. The zero-order valence-electron chi connectivity index (χ0n) is 16.3. The minimum absolute atomic E-state index is 0.0163. The van der Waals surface area contributed by atoms with Gasteiger partial charge in [-0.3, -0.25) is 0 Å². The fourth-order valence-corrected chi connectivity index (χ4v) is 3.13. The van der Waals surface area contributed by atoms with E-state index in [0.29, 0.717) is 28.9 Å². The predicted molar refractivity (Wildman–Crippen MR) is 106 cm³/mol. The number of hydrogen-bond acceptors (Lipinski definition) is 6. The van der Waals surface area contributed by atoms with Gasteiger partial charge in [0.2, 0.25) is 0 Å². The summed E-state index contributed by atoms with van der Waals surface area (Å²) in [6, 6.07) is 16.2. The van der Waals surface area contributed by atoms with Gasteiger partial charge in [0.25, 0.3) is 0 Å². The van der Waals surface area contributed by atoms with Gasteiger partial charge in [0, 0.05) is 5.56 Å². The van der Waals surface area contributed by atoms with Gasteiger partial charge in [0.05, 0.1) is 31.5 Å². The topological polar surface area (TPSA) is 94.2 Å². The molecule has 0 radical (unpaired) electrons. The highest BCUT2D eigenvalue weighted by atomic mass is 16.5. The number of para-hydroxylation sites is 1. The number of rotatable bonds is 5. The van der Waals surface area contributed by atoms with Crippen LogP contribution in [0.2, 0.25) is 0 Å². The van der Waals surface area contributed by atoms with Crippen molar-refractivity contribution in [2.75, 3.05) is 14.2 Å². The summed E-state index contributed by atoms with van der Waals surface area (Å²) < 4.78 is 11.3. The highest BCUT2D eigenvalue weighted by Gasteiger charge is 2.31. The monoisotopic (exact) mass is 389 g/mol. The molecule has 0 spiro atoms. The molecule has 3 rings (SSSR count). The standard InChI is InChI=1S/C22H19N3O4/c1-4-15-12-14(13-23)10-11-17(15)19-18(21(26)28-2)20(22(27)29-3)25(24-19)16-8-6-5-7-9-16/h5-12H,4H2,1-3H3. The number of esters is 2. The van der Waals surface area contributed by atoms with Gasteiger partial charge in [-0.2, -0.15) is 10.4 Å². The third-order valence-corrected chi connectivity index (χ3v) is 4.52. The molecule has 0 N–H and O–H groups in total. The Morgan fingerprint density at radius 1 is 1.07 bits per heavy atom. The molecule has 0 fully saturated rings. The van der Waals surface area contributed by atoms with Gasteiger partial charge >= 0.3 is 11.9 Å². The highest BCUT2D eigenvalue weighted by molar-refractivity contribution is 6.07. The maximum Gasteiger partial charge on any atom is 0.357 e. The third-order valence-electron chi connectivity index (χ3n) is 4.52. The Labute approximate surface area is 168 Å². The first-order chi connectivity index (χ1) is 14.0. The molecule has 7 nitrogen and oxygen atoms in total. The van der Waals surface area contributed by atoms with Crippen molar-refractivity contribution in [1.82, 2.24) is 9.78 Å². The van der Waals surface area contributed by atoms with Crippen LogP contribution in [0, 0.1) is 11.3 Å². The number of aryl methyl sites for hydroxylation is 1. The van der Waals surface area contributed by atoms with E-state index < -0.39 is 11.9 Å². The Morgan fingerprint density at radius 3 is 2.34 bits per heavy atom. The Kier molecular flexibility index (Phi) is 5.74. The second kappa shape index (κ2) is 8.40. The average Bonchev–Trinajstić information content (AvgIpc) is 3.18. The molecule has 0 bridgehead atoms. The fourth-order valence-electron chi connectivity index (χ4n) is 3.13. The van der Waals surface area contributed by atoms with Crippen LogP contribution in [-0.2, 0) is 15.9 Å². The van der Waals surface area contributed by atoms with Gasteiger partial charge in [0.1, 0.15) is 11.3 Å². The average molecular weight is 389 g/mol. The van der Waals surface area contributed by atoms with E-state index in [1.165, 1.54) is 18.9 Å². The van der Waals surface area contributed by atoms with E-state index in [1.807, 2.05) is 13.0 Å². The highest BCUT2D eigenvalue weighted by Crippen LogP contribution is 2.32. The molecule has 0 amide bonds. The summed E-state index contributed by atoms with van der Waals surface area (Å²) in [5, 5.41) is 13.8. The lowest BCUT2D eigenvalue weighted by atomic mass is 9.97. The largest absolute Gasteiger partial charge is 0.465 e. The number of carbonyl (C=O) groups is 2. The SMILES string of the molecule is CCc1cc(C#N)ccc1-c1nn(-c2ccccc2)c(C(=O)OC)c1C(=O)OC. The van der Waals surface area contributed by atoms with Crippen LogP contribution in [0.1, 0.15) is 38.9 Å².